The van der Waals surface area contributed by atoms with E-state index < -0.39 is 20.5 Å². The lowest BCUT2D eigenvalue weighted by Gasteiger charge is -2.34. The Hall–Kier alpha value is -1.91. The van der Waals surface area contributed by atoms with Crippen LogP contribution < -0.4 is 11.2 Å². The molecule has 0 spiro atoms. The molecule has 3 rings (SSSR count). The summed E-state index contributed by atoms with van der Waals surface area (Å²) in [7, 11) is -4.01. The van der Waals surface area contributed by atoms with Gasteiger partial charge in [-0.15, -0.1) is 0 Å². The second kappa shape index (κ2) is 8.62. The number of amides is 1. The molecular formula is C19H22N2O5S2. The van der Waals surface area contributed by atoms with Gasteiger partial charge in [-0.05, 0) is 54.8 Å². The molecule has 4 N–H and O–H groups in total. The Balaban J connectivity index is 1.85. The van der Waals surface area contributed by atoms with Gasteiger partial charge in [-0.1, -0.05) is 23.9 Å². The largest absolute Gasteiger partial charge is 0.381 e. The number of nitrogens with two attached hydrogens (primary N) is 1. The summed E-state index contributed by atoms with van der Waals surface area (Å²) in [6.45, 7) is 0.754. The Morgan fingerprint density at radius 1 is 1.07 bits per heavy atom. The standard InChI is InChI=1S/C19H22N2O5S2/c20-13-14-1-3-15(4-2-14)27-16-5-7-17(8-6-16)28(24,25)19(18(22)21-23)9-11-26-12-10-19/h1-8,23H,9-13,20H2,(H,21,22). The van der Waals surface area contributed by atoms with Crippen LogP contribution in [0.5, 0.6) is 0 Å². The summed E-state index contributed by atoms with van der Waals surface area (Å²) in [5, 5.41) is 9.09. The summed E-state index contributed by atoms with van der Waals surface area (Å²) >= 11 is 1.50. The predicted molar refractivity (Wildman–Crippen MR) is 105 cm³/mol. The minimum absolute atomic E-state index is 0.00821. The molecule has 2 aromatic rings. The first kappa shape index (κ1) is 20.8. The minimum atomic E-state index is -4.01. The van der Waals surface area contributed by atoms with Gasteiger partial charge in [0, 0.05) is 29.5 Å². The van der Waals surface area contributed by atoms with Crippen LogP contribution in [0.3, 0.4) is 0 Å². The molecule has 0 atom stereocenters. The Kier molecular flexibility index (Phi) is 6.41. The molecule has 1 heterocycles. The highest BCUT2D eigenvalue weighted by molar-refractivity contribution is 7.99. The number of sulfone groups is 1. The lowest BCUT2D eigenvalue weighted by atomic mass is 9.98. The average molecular weight is 423 g/mol. The normalized spacial score (nSPS) is 16.5. The number of rotatable bonds is 6. The van der Waals surface area contributed by atoms with Crippen LogP contribution in [-0.4, -0.2) is 37.5 Å². The summed E-state index contributed by atoms with van der Waals surface area (Å²) in [5.41, 5.74) is 8.15. The van der Waals surface area contributed by atoms with Crippen LogP contribution in [0.4, 0.5) is 0 Å². The van der Waals surface area contributed by atoms with Gasteiger partial charge in [-0.3, -0.25) is 10.0 Å². The molecule has 0 aliphatic carbocycles. The van der Waals surface area contributed by atoms with Crippen molar-refractivity contribution in [2.75, 3.05) is 13.2 Å². The van der Waals surface area contributed by atoms with Crippen LogP contribution in [0.2, 0.25) is 0 Å². The molecular weight excluding hydrogens is 400 g/mol. The van der Waals surface area contributed by atoms with Crippen molar-refractivity contribution in [1.82, 2.24) is 5.48 Å². The SMILES string of the molecule is NCc1ccc(Sc2ccc(S(=O)(=O)C3(C(=O)NO)CCOCC3)cc2)cc1. The zero-order chi connectivity index (χ0) is 20.2. The molecule has 28 heavy (non-hydrogen) atoms. The van der Waals surface area contributed by atoms with Crippen molar-refractivity contribution in [2.24, 2.45) is 5.73 Å². The number of carbonyl (C=O) groups is 1. The summed E-state index contributed by atoms with van der Waals surface area (Å²) < 4.78 is 29.9. The molecule has 2 aromatic carbocycles. The van der Waals surface area contributed by atoms with Gasteiger partial charge in [0.05, 0.1) is 4.90 Å². The van der Waals surface area contributed by atoms with Crippen molar-refractivity contribution in [3.05, 3.63) is 54.1 Å². The highest BCUT2D eigenvalue weighted by atomic mass is 32.2. The van der Waals surface area contributed by atoms with Crippen molar-refractivity contribution in [2.45, 2.75) is 38.8 Å². The maximum atomic E-state index is 13.2. The third-order valence-corrected chi connectivity index (χ3v) is 8.39. The van der Waals surface area contributed by atoms with Gasteiger partial charge in [0.2, 0.25) is 0 Å². The van der Waals surface area contributed by atoms with Gasteiger partial charge in [0.1, 0.15) is 0 Å². The summed E-state index contributed by atoms with van der Waals surface area (Å²) in [4.78, 5) is 14.2. The third kappa shape index (κ3) is 3.94. The zero-order valence-electron chi connectivity index (χ0n) is 15.1. The Morgan fingerprint density at radius 2 is 1.61 bits per heavy atom. The van der Waals surface area contributed by atoms with E-state index >= 15 is 0 Å². The molecule has 1 aliphatic heterocycles. The fraction of sp³-hybridized carbons (Fsp3) is 0.316. The Morgan fingerprint density at radius 3 is 2.11 bits per heavy atom. The van der Waals surface area contributed by atoms with Gasteiger partial charge in [0.25, 0.3) is 5.91 Å². The van der Waals surface area contributed by atoms with E-state index in [9.17, 15) is 13.2 Å². The highest BCUT2D eigenvalue weighted by Gasteiger charge is 2.52. The van der Waals surface area contributed by atoms with E-state index in [1.165, 1.54) is 29.4 Å². The Bertz CT molecular complexity index is 922. The predicted octanol–water partition coefficient (Wildman–Crippen LogP) is 2.12. The van der Waals surface area contributed by atoms with Crippen molar-refractivity contribution in [3.63, 3.8) is 0 Å². The van der Waals surface area contributed by atoms with E-state index in [1.807, 2.05) is 24.3 Å². The van der Waals surface area contributed by atoms with E-state index in [0.717, 1.165) is 15.4 Å². The zero-order valence-corrected chi connectivity index (χ0v) is 16.8. The van der Waals surface area contributed by atoms with Crippen LogP contribution in [0, 0.1) is 0 Å². The minimum Gasteiger partial charge on any atom is -0.381 e. The monoisotopic (exact) mass is 422 g/mol. The van der Waals surface area contributed by atoms with Crippen molar-refractivity contribution in [3.8, 4) is 0 Å². The van der Waals surface area contributed by atoms with E-state index in [-0.39, 0.29) is 31.0 Å². The van der Waals surface area contributed by atoms with Crippen LogP contribution in [0.25, 0.3) is 0 Å². The highest BCUT2D eigenvalue weighted by Crippen LogP contribution is 2.36. The molecule has 0 unspecified atom stereocenters. The van der Waals surface area contributed by atoms with E-state index in [4.69, 9.17) is 15.7 Å². The van der Waals surface area contributed by atoms with Gasteiger partial charge < -0.3 is 10.5 Å². The van der Waals surface area contributed by atoms with Gasteiger partial charge >= 0.3 is 0 Å². The van der Waals surface area contributed by atoms with Crippen LogP contribution in [-0.2, 0) is 25.9 Å². The number of benzene rings is 2. The maximum Gasteiger partial charge on any atom is 0.265 e. The maximum absolute atomic E-state index is 13.2. The topological polar surface area (TPSA) is 119 Å². The van der Waals surface area contributed by atoms with E-state index in [0.29, 0.717) is 6.54 Å². The second-order valence-corrected chi connectivity index (χ2v) is 9.88. The molecule has 9 heteroatoms. The molecule has 150 valence electrons. The molecule has 1 saturated heterocycles. The quantitative estimate of drug-likeness (QED) is 0.482. The Labute approximate surface area is 168 Å². The molecule has 1 aliphatic rings. The first-order chi connectivity index (χ1) is 13.4. The first-order valence-corrected chi connectivity index (χ1v) is 11.1. The lowest BCUT2D eigenvalue weighted by molar-refractivity contribution is -0.134. The molecule has 0 bridgehead atoms. The van der Waals surface area contributed by atoms with E-state index in [2.05, 4.69) is 0 Å². The summed E-state index contributed by atoms with van der Waals surface area (Å²) in [6.07, 6.45) is -0.0164. The fourth-order valence-corrected chi connectivity index (χ4v) is 5.92. The molecule has 1 amide bonds. The lowest BCUT2D eigenvalue weighted by Crippen LogP contribution is -2.54. The van der Waals surface area contributed by atoms with Gasteiger partial charge in [0.15, 0.2) is 14.6 Å². The molecule has 0 saturated carbocycles. The number of ether oxygens (including phenoxy) is 1. The number of nitrogens with one attached hydrogen (secondary N) is 1. The fourth-order valence-electron chi connectivity index (χ4n) is 3.16. The summed E-state index contributed by atoms with van der Waals surface area (Å²) in [5.74, 6) is -0.922. The smallest absolute Gasteiger partial charge is 0.265 e. The molecule has 0 radical (unpaired) electrons. The van der Waals surface area contributed by atoms with Crippen LogP contribution in [0.15, 0.2) is 63.2 Å². The van der Waals surface area contributed by atoms with Gasteiger partial charge in [-0.25, -0.2) is 13.9 Å². The number of hydrogen-bond acceptors (Lipinski definition) is 7. The van der Waals surface area contributed by atoms with Crippen LogP contribution >= 0.6 is 11.8 Å². The average Bonchev–Trinajstić information content (AvgIpc) is 2.74. The summed E-state index contributed by atoms with van der Waals surface area (Å²) in [6, 6.07) is 14.2. The molecule has 0 aromatic heterocycles. The van der Waals surface area contributed by atoms with Crippen molar-refractivity contribution in [1.29, 1.82) is 0 Å². The van der Waals surface area contributed by atoms with E-state index in [1.54, 1.807) is 12.1 Å². The number of carbonyl (C=O) groups excluding carboxylic acids is 1. The number of hydroxylamine groups is 1. The number of hydrogen-bond donors (Lipinski definition) is 3. The molecule has 1 fully saturated rings. The van der Waals surface area contributed by atoms with Crippen molar-refractivity contribution < 1.29 is 23.2 Å². The van der Waals surface area contributed by atoms with Gasteiger partial charge in [-0.2, -0.15) is 0 Å². The first-order valence-electron chi connectivity index (χ1n) is 8.77. The van der Waals surface area contributed by atoms with Crippen LogP contribution in [0.1, 0.15) is 18.4 Å². The second-order valence-electron chi connectivity index (χ2n) is 6.47. The third-order valence-electron chi connectivity index (χ3n) is 4.86. The molecule has 7 nitrogen and oxygen atoms in total. The van der Waals surface area contributed by atoms with Crippen molar-refractivity contribution >= 4 is 27.5 Å².